The molecule has 0 atom stereocenters. The highest BCUT2D eigenvalue weighted by atomic mass is 16.5. The minimum absolute atomic E-state index is 0.222. The number of ether oxygens (including phenoxy) is 1. The highest BCUT2D eigenvalue weighted by molar-refractivity contribution is 6.06. The van der Waals surface area contributed by atoms with Crippen LogP contribution in [0.3, 0.4) is 0 Å². The first kappa shape index (κ1) is 19.2. The smallest absolute Gasteiger partial charge is 0.259 e. The van der Waals surface area contributed by atoms with E-state index in [9.17, 15) is 4.79 Å². The summed E-state index contributed by atoms with van der Waals surface area (Å²) < 4.78 is 5.24. The molecule has 1 amide bonds. The summed E-state index contributed by atoms with van der Waals surface area (Å²) in [6.07, 6.45) is 0. The number of nitrogens with one attached hydrogen (secondary N) is 3. The molecule has 0 unspecified atom stereocenters. The van der Waals surface area contributed by atoms with Gasteiger partial charge in [-0.25, -0.2) is 9.97 Å². The number of carbonyl (C=O) groups excluding carboxylic acids is 1. The summed E-state index contributed by atoms with van der Waals surface area (Å²) in [4.78, 5) is 21.2. The minimum Gasteiger partial charge on any atom is -0.496 e. The van der Waals surface area contributed by atoms with Crippen molar-refractivity contribution in [1.82, 2.24) is 9.97 Å². The number of anilines is 4. The molecule has 0 aliphatic heterocycles. The predicted molar refractivity (Wildman–Crippen MR) is 112 cm³/mol. The zero-order valence-corrected chi connectivity index (χ0v) is 16.1. The van der Waals surface area contributed by atoms with Gasteiger partial charge in [0.25, 0.3) is 5.91 Å². The Morgan fingerprint density at radius 1 is 1.00 bits per heavy atom. The van der Waals surface area contributed by atoms with Gasteiger partial charge in [-0.15, -0.1) is 0 Å². The molecule has 0 spiro atoms. The lowest BCUT2D eigenvalue weighted by Crippen LogP contribution is -2.13. The van der Waals surface area contributed by atoms with Gasteiger partial charge in [-0.3, -0.25) is 4.79 Å². The molecular formula is C21H23N5O2. The third kappa shape index (κ3) is 4.76. The Balaban J connectivity index is 1.69. The summed E-state index contributed by atoms with van der Waals surface area (Å²) in [5.74, 6) is 2.47. The summed E-state index contributed by atoms with van der Waals surface area (Å²) in [7, 11) is 1.54. The first-order valence-corrected chi connectivity index (χ1v) is 9.00. The van der Waals surface area contributed by atoms with E-state index in [1.807, 2.05) is 50.2 Å². The van der Waals surface area contributed by atoms with Crippen LogP contribution in [0, 0.1) is 6.92 Å². The van der Waals surface area contributed by atoms with E-state index in [2.05, 4.69) is 25.9 Å². The van der Waals surface area contributed by atoms with Crippen molar-refractivity contribution in [1.29, 1.82) is 0 Å². The molecule has 0 fully saturated rings. The molecule has 0 saturated carbocycles. The van der Waals surface area contributed by atoms with Crippen LogP contribution in [0.15, 0.2) is 54.6 Å². The fourth-order valence-corrected chi connectivity index (χ4v) is 2.72. The van der Waals surface area contributed by atoms with Gasteiger partial charge in [-0.1, -0.05) is 12.1 Å². The number of hydrogen-bond acceptors (Lipinski definition) is 6. The molecule has 7 heteroatoms. The minimum atomic E-state index is -0.222. The van der Waals surface area contributed by atoms with Crippen LogP contribution in [0.4, 0.5) is 23.0 Å². The van der Waals surface area contributed by atoms with Crippen molar-refractivity contribution in [2.75, 3.05) is 29.6 Å². The second kappa shape index (κ2) is 8.85. The molecule has 1 aromatic heterocycles. The van der Waals surface area contributed by atoms with Gasteiger partial charge in [-0.2, -0.15) is 0 Å². The quantitative estimate of drug-likeness (QED) is 0.571. The van der Waals surface area contributed by atoms with Crippen molar-refractivity contribution in [2.45, 2.75) is 13.8 Å². The normalized spacial score (nSPS) is 10.2. The van der Waals surface area contributed by atoms with Crippen LogP contribution in [0.2, 0.25) is 0 Å². The SMILES string of the molecule is CCNc1cc(Nc2ccc(NC(=O)c3ccccc3OC)cc2)nc(C)n1. The van der Waals surface area contributed by atoms with Crippen molar-refractivity contribution in [3.63, 3.8) is 0 Å². The maximum atomic E-state index is 12.5. The molecule has 144 valence electrons. The van der Waals surface area contributed by atoms with Gasteiger partial charge in [0.1, 0.15) is 23.2 Å². The monoisotopic (exact) mass is 377 g/mol. The van der Waals surface area contributed by atoms with E-state index < -0.39 is 0 Å². The van der Waals surface area contributed by atoms with E-state index in [1.165, 1.54) is 0 Å². The van der Waals surface area contributed by atoms with Gasteiger partial charge >= 0.3 is 0 Å². The number of hydrogen-bond donors (Lipinski definition) is 3. The van der Waals surface area contributed by atoms with Crippen molar-refractivity contribution in [3.05, 3.63) is 66.0 Å². The van der Waals surface area contributed by atoms with Crippen LogP contribution in [0.5, 0.6) is 5.75 Å². The highest BCUT2D eigenvalue weighted by Crippen LogP contribution is 2.22. The van der Waals surface area contributed by atoms with Crippen LogP contribution >= 0.6 is 0 Å². The molecule has 2 aromatic carbocycles. The third-order valence-corrected chi connectivity index (χ3v) is 3.96. The Bertz CT molecular complexity index is 957. The molecule has 0 radical (unpaired) electrons. The van der Waals surface area contributed by atoms with E-state index in [0.29, 0.717) is 28.6 Å². The zero-order valence-electron chi connectivity index (χ0n) is 16.1. The Morgan fingerprint density at radius 2 is 1.68 bits per heavy atom. The molecule has 7 nitrogen and oxygen atoms in total. The van der Waals surface area contributed by atoms with Crippen LogP contribution in [-0.2, 0) is 0 Å². The first-order chi connectivity index (χ1) is 13.6. The number of para-hydroxylation sites is 1. The standard InChI is InChI=1S/C21H23N5O2/c1-4-22-19-13-20(24-14(2)23-19)25-15-9-11-16(12-10-15)26-21(27)17-7-5-6-8-18(17)28-3/h5-13H,4H2,1-3H3,(H,26,27)(H2,22,23,24,25). The summed E-state index contributed by atoms with van der Waals surface area (Å²) in [5.41, 5.74) is 2.03. The highest BCUT2D eigenvalue weighted by Gasteiger charge is 2.11. The fraction of sp³-hybridized carbons (Fsp3) is 0.190. The summed E-state index contributed by atoms with van der Waals surface area (Å²) in [5, 5.41) is 9.31. The number of methoxy groups -OCH3 is 1. The summed E-state index contributed by atoms with van der Waals surface area (Å²) in [6.45, 7) is 4.65. The fourth-order valence-electron chi connectivity index (χ4n) is 2.72. The second-order valence-corrected chi connectivity index (χ2v) is 6.07. The Kier molecular flexibility index (Phi) is 6.06. The van der Waals surface area contributed by atoms with Gasteiger partial charge in [0, 0.05) is 24.0 Å². The molecular weight excluding hydrogens is 354 g/mol. The summed E-state index contributed by atoms with van der Waals surface area (Å²) >= 11 is 0. The summed E-state index contributed by atoms with van der Waals surface area (Å²) in [6, 6.07) is 16.4. The maximum absolute atomic E-state index is 12.5. The number of rotatable bonds is 7. The molecule has 28 heavy (non-hydrogen) atoms. The number of aryl methyl sites for hydroxylation is 1. The first-order valence-electron chi connectivity index (χ1n) is 9.00. The van der Waals surface area contributed by atoms with Crippen molar-refractivity contribution in [2.24, 2.45) is 0 Å². The molecule has 3 aromatic rings. The Morgan fingerprint density at radius 3 is 2.39 bits per heavy atom. The molecule has 0 aliphatic carbocycles. The lowest BCUT2D eigenvalue weighted by Gasteiger charge is -2.11. The largest absolute Gasteiger partial charge is 0.496 e. The Hall–Kier alpha value is -3.61. The van der Waals surface area contributed by atoms with E-state index in [1.54, 1.807) is 25.3 Å². The zero-order chi connectivity index (χ0) is 19.9. The number of aromatic nitrogens is 2. The molecule has 3 rings (SSSR count). The number of nitrogens with zero attached hydrogens (tertiary/aromatic N) is 2. The van der Waals surface area contributed by atoms with Crippen LogP contribution < -0.4 is 20.7 Å². The van der Waals surface area contributed by atoms with Gasteiger partial charge < -0.3 is 20.7 Å². The van der Waals surface area contributed by atoms with Crippen LogP contribution in [0.25, 0.3) is 0 Å². The van der Waals surface area contributed by atoms with Gasteiger partial charge in [0.05, 0.1) is 12.7 Å². The van der Waals surface area contributed by atoms with Gasteiger partial charge in [0.15, 0.2) is 0 Å². The molecule has 0 aliphatic rings. The Labute approximate surface area is 164 Å². The average molecular weight is 377 g/mol. The third-order valence-electron chi connectivity index (χ3n) is 3.96. The van der Waals surface area contributed by atoms with Crippen molar-refractivity contribution < 1.29 is 9.53 Å². The molecule has 1 heterocycles. The van der Waals surface area contributed by atoms with E-state index in [0.717, 1.165) is 18.1 Å². The lowest BCUT2D eigenvalue weighted by atomic mass is 10.2. The van der Waals surface area contributed by atoms with E-state index in [4.69, 9.17) is 4.74 Å². The van der Waals surface area contributed by atoms with Crippen LogP contribution in [0.1, 0.15) is 23.1 Å². The van der Waals surface area contributed by atoms with E-state index in [-0.39, 0.29) is 5.91 Å². The molecule has 0 saturated heterocycles. The van der Waals surface area contributed by atoms with Gasteiger partial charge in [-0.05, 0) is 50.2 Å². The number of amides is 1. The topological polar surface area (TPSA) is 88.2 Å². The molecule has 0 bridgehead atoms. The predicted octanol–water partition coefficient (Wildman–Crippen LogP) is 4.22. The molecule has 3 N–H and O–H groups in total. The second-order valence-electron chi connectivity index (χ2n) is 6.07. The average Bonchev–Trinajstić information content (AvgIpc) is 2.69. The number of carbonyl (C=O) groups is 1. The lowest BCUT2D eigenvalue weighted by molar-refractivity contribution is 0.102. The van der Waals surface area contributed by atoms with Crippen molar-refractivity contribution >= 4 is 28.9 Å². The van der Waals surface area contributed by atoms with Crippen LogP contribution in [-0.4, -0.2) is 29.5 Å². The van der Waals surface area contributed by atoms with E-state index >= 15 is 0 Å². The number of benzene rings is 2. The van der Waals surface area contributed by atoms with Crippen molar-refractivity contribution in [3.8, 4) is 5.75 Å². The van der Waals surface area contributed by atoms with Gasteiger partial charge in [0.2, 0.25) is 0 Å². The maximum Gasteiger partial charge on any atom is 0.259 e.